The van der Waals surface area contributed by atoms with Crippen LogP contribution in [0.5, 0.6) is 11.5 Å². The molecule has 9 nitrogen and oxygen atoms in total. The third-order valence-corrected chi connectivity index (χ3v) is 6.73. The Morgan fingerprint density at radius 3 is 2.58 bits per heavy atom. The highest BCUT2D eigenvalue weighted by Gasteiger charge is 2.41. The number of nitrogens with zero attached hydrogens (tertiary/aromatic N) is 3. The first-order valence-electron chi connectivity index (χ1n) is 10.2. The zero-order chi connectivity index (χ0) is 23.9. The molecule has 1 saturated heterocycles. The molecular weight excluding hydrogens is 470 g/mol. The van der Waals surface area contributed by atoms with Crippen molar-refractivity contribution in [3.63, 3.8) is 0 Å². The van der Waals surface area contributed by atoms with E-state index in [1.807, 2.05) is 5.38 Å². The van der Waals surface area contributed by atoms with E-state index in [4.69, 9.17) is 26.1 Å². The summed E-state index contributed by atoms with van der Waals surface area (Å²) in [5.41, 5.74) is 1.94. The van der Waals surface area contributed by atoms with E-state index in [0.717, 1.165) is 10.6 Å². The average Bonchev–Trinajstić information content (AvgIpc) is 3.42. The van der Waals surface area contributed by atoms with Crippen LogP contribution in [0.4, 0.5) is 4.79 Å². The van der Waals surface area contributed by atoms with Crippen LogP contribution < -0.4 is 9.47 Å². The first-order valence-corrected chi connectivity index (χ1v) is 11.5. The number of aliphatic carboxylic acids is 1. The van der Waals surface area contributed by atoms with Gasteiger partial charge in [-0.25, -0.2) is 19.6 Å². The highest BCUT2D eigenvalue weighted by Crippen LogP contribution is 2.40. The molecule has 1 aliphatic heterocycles. The van der Waals surface area contributed by atoms with Gasteiger partial charge in [-0.2, -0.15) is 0 Å². The number of ether oxygens (including phenoxy) is 2. The molecule has 1 aromatic carbocycles. The van der Waals surface area contributed by atoms with E-state index in [2.05, 4.69) is 18.8 Å². The quantitative estimate of drug-likeness (QED) is 0.507. The molecule has 1 amide bonds. The Balaban J connectivity index is 1.78. The highest BCUT2D eigenvalue weighted by atomic mass is 35.5. The van der Waals surface area contributed by atoms with Gasteiger partial charge in [-0.3, -0.25) is 4.90 Å². The van der Waals surface area contributed by atoms with Crippen LogP contribution >= 0.6 is 22.9 Å². The number of carboxylic acid groups (broad SMARTS) is 2. The number of pyridine rings is 1. The van der Waals surface area contributed by atoms with Crippen molar-refractivity contribution in [1.82, 2.24) is 14.9 Å². The number of likely N-dealkylation sites (tertiary alicyclic amines) is 1. The number of fused-ring (bicyclic) bond motifs is 1. The average molecular weight is 492 g/mol. The third-order valence-electron chi connectivity index (χ3n) is 5.49. The number of hydrogen-bond donors (Lipinski definition) is 2. The lowest BCUT2D eigenvalue weighted by Crippen LogP contribution is -2.39. The molecule has 0 radical (unpaired) electrons. The van der Waals surface area contributed by atoms with Crippen molar-refractivity contribution in [1.29, 1.82) is 0 Å². The molecule has 2 N–H and O–H groups in total. The summed E-state index contributed by atoms with van der Waals surface area (Å²) < 4.78 is 11.5. The Morgan fingerprint density at radius 2 is 2.00 bits per heavy atom. The number of amides is 1. The van der Waals surface area contributed by atoms with Gasteiger partial charge in [-0.1, -0.05) is 25.4 Å². The number of aromatic nitrogens is 2. The lowest BCUT2D eigenvalue weighted by atomic mass is 10.1. The van der Waals surface area contributed by atoms with Crippen molar-refractivity contribution in [2.45, 2.75) is 38.3 Å². The maximum Gasteiger partial charge on any atom is 0.408 e. The second-order valence-corrected chi connectivity index (χ2v) is 9.22. The third kappa shape index (κ3) is 4.40. The van der Waals surface area contributed by atoms with Crippen LogP contribution in [0, 0.1) is 0 Å². The summed E-state index contributed by atoms with van der Waals surface area (Å²) in [7, 11) is 1.51. The van der Waals surface area contributed by atoms with Gasteiger partial charge in [0.2, 0.25) is 0 Å². The molecule has 0 spiro atoms. The number of carbonyl (C=O) groups is 2. The molecule has 174 valence electrons. The van der Waals surface area contributed by atoms with E-state index >= 15 is 0 Å². The van der Waals surface area contributed by atoms with Crippen LogP contribution in [0.1, 0.15) is 31.9 Å². The Bertz CT molecular complexity index is 1210. The standard InChI is InChI=1S/C22H22ClN3O6S/c1-10(2)14-9-33-20(25-14)13-7-17(12-4-5-16(31-3)18(23)19(12)24-13)32-11-6-15(21(27)28)26(8-11)22(29)30/h4-5,7,9-11,15H,6,8H2,1-3H3,(H,27,28)(H,29,30). The van der Waals surface area contributed by atoms with Gasteiger partial charge in [-0.05, 0) is 18.1 Å². The SMILES string of the molecule is COc1ccc2c(OC3CC(C(=O)O)N(C(=O)O)C3)cc(-c3nc(C(C)C)cs3)nc2c1Cl. The van der Waals surface area contributed by atoms with Gasteiger partial charge < -0.3 is 19.7 Å². The molecule has 0 aliphatic carbocycles. The van der Waals surface area contributed by atoms with Gasteiger partial charge in [0.15, 0.2) is 0 Å². The van der Waals surface area contributed by atoms with Crippen LogP contribution in [0.25, 0.3) is 21.6 Å². The second kappa shape index (κ2) is 9.03. The molecule has 1 fully saturated rings. The molecule has 33 heavy (non-hydrogen) atoms. The van der Waals surface area contributed by atoms with Crippen molar-refractivity contribution >= 4 is 45.9 Å². The van der Waals surface area contributed by atoms with Crippen molar-refractivity contribution in [2.75, 3.05) is 13.7 Å². The van der Waals surface area contributed by atoms with E-state index in [1.165, 1.54) is 18.4 Å². The van der Waals surface area contributed by atoms with Crippen LogP contribution in [0.15, 0.2) is 23.6 Å². The summed E-state index contributed by atoms with van der Waals surface area (Å²) in [6.07, 6.45) is -1.92. The maximum atomic E-state index is 11.5. The van der Waals surface area contributed by atoms with Crippen LogP contribution in [0.2, 0.25) is 5.02 Å². The summed E-state index contributed by atoms with van der Waals surface area (Å²) in [6.45, 7) is 4.04. The van der Waals surface area contributed by atoms with Crippen molar-refractivity contribution < 1.29 is 29.3 Å². The van der Waals surface area contributed by atoms with E-state index in [-0.39, 0.29) is 18.9 Å². The van der Waals surface area contributed by atoms with E-state index in [0.29, 0.717) is 38.1 Å². The number of thiazole rings is 1. The first-order chi connectivity index (χ1) is 15.7. The van der Waals surface area contributed by atoms with Crippen LogP contribution in [-0.4, -0.2) is 62.9 Å². The molecule has 2 unspecified atom stereocenters. The summed E-state index contributed by atoms with van der Waals surface area (Å²) in [6, 6.07) is 4.01. The largest absolute Gasteiger partial charge is 0.495 e. The topological polar surface area (TPSA) is 122 Å². The molecule has 2 atom stereocenters. The molecule has 0 saturated carbocycles. The number of rotatable bonds is 6. The Morgan fingerprint density at radius 1 is 1.24 bits per heavy atom. The van der Waals surface area contributed by atoms with Gasteiger partial charge in [0, 0.05) is 23.3 Å². The van der Waals surface area contributed by atoms with Crippen LogP contribution in [-0.2, 0) is 4.79 Å². The molecular formula is C22H22ClN3O6S. The Labute approximate surface area is 198 Å². The maximum absolute atomic E-state index is 11.5. The minimum atomic E-state index is -1.30. The predicted octanol–water partition coefficient (Wildman–Crippen LogP) is 4.73. The molecule has 2 aromatic heterocycles. The zero-order valence-electron chi connectivity index (χ0n) is 18.1. The summed E-state index contributed by atoms with van der Waals surface area (Å²) in [5.74, 6) is -0.0864. The second-order valence-electron chi connectivity index (χ2n) is 7.98. The van der Waals surface area contributed by atoms with Gasteiger partial charge in [0.1, 0.15) is 39.4 Å². The number of benzene rings is 1. The van der Waals surface area contributed by atoms with Gasteiger partial charge in [0.25, 0.3) is 0 Å². The van der Waals surface area contributed by atoms with Crippen molar-refractivity contribution in [3.05, 3.63) is 34.3 Å². The van der Waals surface area contributed by atoms with Gasteiger partial charge in [-0.15, -0.1) is 11.3 Å². The Kier molecular flexibility index (Phi) is 6.31. The molecule has 11 heteroatoms. The minimum Gasteiger partial charge on any atom is -0.495 e. The number of methoxy groups -OCH3 is 1. The lowest BCUT2D eigenvalue weighted by molar-refractivity contribution is -0.141. The molecule has 1 aliphatic rings. The van der Waals surface area contributed by atoms with E-state index in [9.17, 15) is 19.8 Å². The fraction of sp³-hybridized carbons (Fsp3) is 0.364. The number of halogens is 1. The normalized spacial score (nSPS) is 18.2. The first kappa shape index (κ1) is 23.1. The number of hydrogen-bond acceptors (Lipinski definition) is 7. The fourth-order valence-corrected chi connectivity index (χ4v) is 4.98. The molecule has 3 heterocycles. The van der Waals surface area contributed by atoms with E-state index < -0.39 is 24.2 Å². The monoisotopic (exact) mass is 491 g/mol. The summed E-state index contributed by atoms with van der Waals surface area (Å²) in [5, 5.41) is 22.4. The van der Waals surface area contributed by atoms with Gasteiger partial charge in [0.05, 0.1) is 24.9 Å². The van der Waals surface area contributed by atoms with Crippen LogP contribution in [0.3, 0.4) is 0 Å². The molecule has 3 aromatic rings. The van der Waals surface area contributed by atoms with Crippen molar-refractivity contribution in [2.24, 2.45) is 0 Å². The fourth-order valence-electron chi connectivity index (χ4n) is 3.75. The molecule has 4 rings (SSSR count). The highest BCUT2D eigenvalue weighted by molar-refractivity contribution is 7.13. The van der Waals surface area contributed by atoms with E-state index in [1.54, 1.807) is 18.2 Å². The predicted molar refractivity (Wildman–Crippen MR) is 124 cm³/mol. The summed E-state index contributed by atoms with van der Waals surface area (Å²) in [4.78, 5) is 33.3. The lowest BCUT2D eigenvalue weighted by Gasteiger charge is -2.18. The smallest absolute Gasteiger partial charge is 0.408 e. The Hall–Kier alpha value is -3.11. The zero-order valence-corrected chi connectivity index (χ0v) is 19.7. The van der Waals surface area contributed by atoms with Gasteiger partial charge >= 0.3 is 12.1 Å². The molecule has 0 bridgehead atoms. The number of carboxylic acids is 1. The summed E-state index contributed by atoms with van der Waals surface area (Å²) >= 11 is 8.00. The minimum absolute atomic E-state index is 0.0272. The van der Waals surface area contributed by atoms with Crippen molar-refractivity contribution in [3.8, 4) is 22.2 Å².